The van der Waals surface area contributed by atoms with Crippen LogP contribution in [0.4, 0.5) is 5.69 Å². The Hall–Kier alpha value is -4.99. The highest BCUT2D eigenvalue weighted by Gasteiger charge is 2.20. The number of amides is 1. The summed E-state index contributed by atoms with van der Waals surface area (Å²) in [5.74, 6) is 0.232. The summed E-state index contributed by atoms with van der Waals surface area (Å²) in [7, 11) is 1.56. The molecular weight excluding hydrogens is 450 g/mol. The number of carbonyl (C=O) groups is 1. The lowest BCUT2D eigenvalue weighted by Crippen LogP contribution is -2.23. The Morgan fingerprint density at radius 2 is 1.69 bits per heavy atom. The van der Waals surface area contributed by atoms with Gasteiger partial charge in [0.25, 0.3) is 17.2 Å². The van der Waals surface area contributed by atoms with Crippen molar-refractivity contribution in [1.29, 1.82) is 0 Å². The third-order valence-electron chi connectivity index (χ3n) is 5.31. The molecule has 0 bridgehead atoms. The van der Waals surface area contributed by atoms with Crippen LogP contribution in [0.1, 0.15) is 22.8 Å². The Morgan fingerprint density at radius 3 is 2.29 bits per heavy atom. The molecule has 0 spiro atoms. The van der Waals surface area contributed by atoms with Gasteiger partial charge >= 0.3 is 0 Å². The molecule has 1 aromatic heterocycles. The molecule has 3 aromatic carbocycles. The van der Waals surface area contributed by atoms with E-state index in [1.807, 2.05) is 0 Å². The number of ether oxygens (including phenoxy) is 1. The number of aromatic amines is 1. The third-order valence-corrected chi connectivity index (χ3v) is 5.31. The standard InChI is InChI=1S/C25H21N5O5/c1-16(26-27-24(31)18-6-4-3-5-7-18)22-23(17-8-14-21(35-2)15-9-17)28-29(25(22)32)19-10-12-20(13-11-19)30(33)34/h3-15,28H,1-2H3,(H,27,31)/b26-16+. The van der Waals surface area contributed by atoms with E-state index < -0.39 is 16.4 Å². The first-order valence-corrected chi connectivity index (χ1v) is 10.5. The van der Waals surface area contributed by atoms with E-state index in [1.165, 1.54) is 28.9 Å². The fourth-order valence-electron chi connectivity index (χ4n) is 3.49. The summed E-state index contributed by atoms with van der Waals surface area (Å²) in [6.07, 6.45) is 0. The van der Waals surface area contributed by atoms with Gasteiger partial charge < -0.3 is 4.74 Å². The normalized spacial score (nSPS) is 11.2. The van der Waals surface area contributed by atoms with Crippen molar-refractivity contribution in [1.82, 2.24) is 15.2 Å². The molecule has 0 radical (unpaired) electrons. The zero-order chi connectivity index (χ0) is 24.9. The molecule has 4 aromatic rings. The number of nitro benzene ring substituents is 1. The second-order valence-electron chi connectivity index (χ2n) is 7.51. The number of carbonyl (C=O) groups excluding carboxylic acids is 1. The maximum atomic E-state index is 13.4. The van der Waals surface area contributed by atoms with Gasteiger partial charge in [0.2, 0.25) is 0 Å². The van der Waals surface area contributed by atoms with Crippen molar-refractivity contribution in [3.05, 3.63) is 110 Å². The van der Waals surface area contributed by atoms with Crippen molar-refractivity contribution in [2.24, 2.45) is 5.10 Å². The second kappa shape index (κ2) is 9.87. The van der Waals surface area contributed by atoms with E-state index in [-0.39, 0.29) is 17.0 Å². The molecule has 0 saturated carbocycles. The third kappa shape index (κ3) is 4.86. The summed E-state index contributed by atoms with van der Waals surface area (Å²) in [6, 6.07) is 21.2. The summed E-state index contributed by atoms with van der Waals surface area (Å²) < 4.78 is 6.49. The monoisotopic (exact) mass is 471 g/mol. The van der Waals surface area contributed by atoms with Gasteiger partial charge in [0.15, 0.2) is 0 Å². The topological polar surface area (TPSA) is 132 Å². The minimum Gasteiger partial charge on any atom is -0.497 e. The number of hydrazone groups is 1. The molecule has 176 valence electrons. The Bertz CT molecular complexity index is 1450. The summed E-state index contributed by atoms with van der Waals surface area (Å²) in [6.45, 7) is 1.61. The van der Waals surface area contributed by atoms with E-state index >= 15 is 0 Å². The molecular formula is C25H21N5O5. The molecule has 1 amide bonds. The number of nitrogens with one attached hydrogen (secondary N) is 2. The Kier molecular flexibility index (Phi) is 6.54. The molecule has 2 N–H and O–H groups in total. The SMILES string of the molecule is COc1ccc(-c2[nH]n(-c3ccc([N+](=O)[O-])cc3)c(=O)c2/C(C)=N/NC(=O)c2ccccc2)cc1. The van der Waals surface area contributed by atoms with Gasteiger partial charge in [0, 0.05) is 23.3 Å². The number of nitrogens with zero attached hydrogens (tertiary/aromatic N) is 3. The lowest BCUT2D eigenvalue weighted by atomic mass is 10.1. The maximum Gasteiger partial charge on any atom is 0.281 e. The number of hydrogen-bond donors (Lipinski definition) is 2. The van der Waals surface area contributed by atoms with Gasteiger partial charge in [-0.25, -0.2) is 10.1 Å². The zero-order valence-corrected chi connectivity index (χ0v) is 18.9. The van der Waals surface area contributed by atoms with Crippen LogP contribution in [0.5, 0.6) is 5.75 Å². The van der Waals surface area contributed by atoms with E-state index in [9.17, 15) is 19.7 Å². The van der Waals surface area contributed by atoms with Crippen molar-refractivity contribution >= 4 is 17.3 Å². The maximum absolute atomic E-state index is 13.4. The second-order valence-corrected chi connectivity index (χ2v) is 7.51. The molecule has 0 aliphatic carbocycles. The Morgan fingerprint density at radius 1 is 1.03 bits per heavy atom. The largest absolute Gasteiger partial charge is 0.497 e. The number of rotatable bonds is 7. The summed E-state index contributed by atoms with van der Waals surface area (Å²) in [5.41, 5.74) is 4.46. The van der Waals surface area contributed by atoms with Crippen molar-refractivity contribution in [3.63, 3.8) is 0 Å². The fourth-order valence-corrected chi connectivity index (χ4v) is 3.49. The van der Waals surface area contributed by atoms with Crippen LogP contribution in [-0.2, 0) is 0 Å². The van der Waals surface area contributed by atoms with Crippen LogP contribution in [0.2, 0.25) is 0 Å². The first-order chi connectivity index (χ1) is 16.9. The van der Waals surface area contributed by atoms with Gasteiger partial charge in [-0.15, -0.1) is 0 Å². The van der Waals surface area contributed by atoms with Gasteiger partial charge in [-0.1, -0.05) is 18.2 Å². The minimum atomic E-state index is -0.512. The van der Waals surface area contributed by atoms with Crippen LogP contribution < -0.4 is 15.7 Å². The van der Waals surface area contributed by atoms with Crippen LogP contribution in [0.25, 0.3) is 16.9 Å². The Balaban J connectivity index is 1.78. The lowest BCUT2D eigenvalue weighted by molar-refractivity contribution is -0.384. The van der Waals surface area contributed by atoms with Crippen LogP contribution in [-0.4, -0.2) is 33.4 Å². The van der Waals surface area contributed by atoms with E-state index in [0.717, 1.165) is 0 Å². The molecule has 1 heterocycles. The van der Waals surface area contributed by atoms with Gasteiger partial charge in [-0.3, -0.25) is 24.8 Å². The number of hydrogen-bond acceptors (Lipinski definition) is 6. The number of methoxy groups -OCH3 is 1. The highest BCUT2D eigenvalue weighted by molar-refractivity contribution is 6.04. The molecule has 0 aliphatic heterocycles. The predicted octanol–water partition coefficient (Wildman–Crippen LogP) is 3.90. The van der Waals surface area contributed by atoms with Crippen LogP contribution in [0, 0.1) is 10.1 Å². The van der Waals surface area contributed by atoms with Crippen LogP contribution >= 0.6 is 0 Å². The van der Waals surface area contributed by atoms with Crippen molar-refractivity contribution in [3.8, 4) is 22.7 Å². The van der Waals surface area contributed by atoms with Crippen molar-refractivity contribution in [2.75, 3.05) is 7.11 Å². The summed E-state index contributed by atoms with van der Waals surface area (Å²) >= 11 is 0. The minimum absolute atomic E-state index is 0.0923. The Labute approximate surface area is 199 Å². The highest BCUT2D eigenvalue weighted by Crippen LogP contribution is 2.24. The predicted molar refractivity (Wildman–Crippen MR) is 131 cm³/mol. The highest BCUT2D eigenvalue weighted by atomic mass is 16.6. The molecule has 10 nitrogen and oxygen atoms in total. The smallest absolute Gasteiger partial charge is 0.281 e. The average Bonchev–Trinajstić information content (AvgIpc) is 3.24. The lowest BCUT2D eigenvalue weighted by Gasteiger charge is -2.05. The number of H-pyrrole nitrogens is 1. The van der Waals surface area contributed by atoms with E-state index in [1.54, 1.807) is 68.6 Å². The van der Waals surface area contributed by atoms with Crippen molar-refractivity contribution in [2.45, 2.75) is 6.92 Å². The van der Waals surface area contributed by atoms with E-state index in [0.29, 0.717) is 28.3 Å². The molecule has 0 saturated heterocycles. The first-order valence-electron chi connectivity index (χ1n) is 10.5. The number of aromatic nitrogens is 2. The van der Waals surface area contributed by atoms with Crippen LogP contribution in [0.15, 0.2) is 88.8 Å². The molecule has 0 aliphatic rings. The van der Waals surface area contributed by atoms with Crippen LogP contribution in [0.3, 0.4) is 0 Å². The number of nitro groups is 1. The molecule has 10 heteroatoms. The quantitative estimate of drug-likeness (QED) is 0.240. The van der Waals surface area contributed by atoms with Gasteiger partial charge in [0.05, 0.1) is 34.7 Å². The molecule has 0 atom stereocenters. The number of non-ortho nitro benzene ring substituents is 1. The first kappa shape index (κ1) is 23.2. The molecule has 0 fully saturated rings. The van der Waals surface area contributed by atoms with E-state index in [2.05, 4.69) is 15.6 Å². The van der Waals surface area contributed by atoms with Crippen molar-refractivity contribution < 1.29 is 14.5 Å². The number of benzene rings is 3. The van der Waals surface area contributed by atoms with Gasteiger partial charge in [-0.05, 0) is 55.5 Å². The van der Waals surface area contributed by atoms with E-state index in [4.69, 9.17) is 4.74 Å². The van der Waals surface area contributed by atoms with Gasteiger partial charge in [-0.2, -0.15) is 5.10 Å². The molecule has 4 rings (SSSR count). The fraction of sp³-hybridized carbons (Fsp3) is 0.0800. The zero-order valence-electron chi connectivity index (χ0n) is 18.9. The van der Waals surface area contributed by atoms with Gasteiger partial charge in [0.1, 0.15) is 5.75 Å². The molecule has 35 heavy (non-hydrogen) atoms. The average molecular weight is 471 g/mol. The summed E-state index contributed by atoms with van der Waals surface area (Å²) in [4.78, 5) is 36.4. The summed E-state index contributed by atoms with van der Waals surface area (Å²) in [5, 5.41) is 18.2. The molecule has 0 unspecified atom stereocenters.